The minimum Gasteiger partial charge on any atom is -0.319 e. The van der Waals surface area contributed by atoms with Gasteiger partial charge in [0.25, 0.3) is 0 Å². The molecule has 3 aliphatic rings. The largest absolute Gasteiger partial charge is 0.319 e. The Bertz CT molecular complexity index is 306. The van der Waals surface area contributed by atoms with Crippen LogP contribution in [0.15, 0.2) is 0 Å². The van der Waals surface area contributed by atoms with Gasteiger partial charge < -0.3 is 10.2 Å². The van der Waals surface area contributed by atoms with Gasteiger partial charge in [0.2, 0.25) is 0 Å². The third-order valence-electron chi connectivity index (χ3n) is 6.26. The highest BCUT2D eigenvalue weighted by Crippen LogP contribution is 2.38. The van der Waals surface area contributed by atoms with Crippen molar-refractivity contribution >= 4 is 0 Å². The Hall–Kier alpha value is -0.120. The lowest BCUT2D eigenvalue weighted by Gasteiger charge is -2.41. The Morgan fingerprint density at radius 2 is 1.80 bits per heavy atom. The first-order chi connectivity index (χ1) is 9.72. The minimum absolute atomic E-state index is 0.565. The maximum atomic E-state index is 3.49. The fraction of sp³-hybridized carbons (Fsp3) is 1.00. The summed E-state index contributed by atoms with van der Waals surface area (Å²) in [4.78, 5) is 5.48. The third kappa shape index (κ3) is 3.05. The highest BCUT2D eigenvalue weighted by Gasteiger charge is 2.38. The van der Waals surface area contributed by atoms with E-state index in [1.807, 2.05) is 0 Å². The highest BCUT2D eigenvalue weighted by atomic mass is 15.3. The van der Waals surface area contributed by atoms with Crippen molar-refractivity contribution in [2.75, 3.05) is 40.3 Å². The zero-order chi connectivity index (χ0) is 14.0. The Morgan fingerprint density at radius 3 is 2.55 bits per heavy atom. The molecule has 0 aromatic rings. The first-order valence-corrected chi connectivity index (χ1v) is 8.81. The lowest BCUT2D eigenvalue weighted by atomic mass is 9.73. The number of likely N-dealkylation sites (tertiary alicyclic amines) is 1. The second-order valence-electron chi connectivity index (χ2n) is 7.67. The Labute approximate surface area is 125 Å². The van der Waals surface area contributed by atoms with Crippen LogP contribution in [-0.2, 0) is 0 Å². The van der Waals surface area contributed by atoms with Gasteiger partial charge in [0.05, 0.1) is 0 Å². The first-order valence-electron chi connectivity index (χ1n) is 8.81. The van der Waals surface area contributed by atoms with Gasteiger partial charge in [-0.3, -0.25) is 4.90 Å². The van der Waals surface area contributed by atoms with Crippen LogP contribution < -0.4 is 5.32 Å². The summed E-state index contributed by atoms with van der Waals surface area (Å²) >= 11 is 0. The van der Waals surface area contributed by atoms with Gasteiger partial charge in [-0.25, -0.2) is 0 Å². The molecule has 2 unspecified atom stereocenters. The summed E-state index contributed by atoms with van der Waals surface area (Å²) in [5, 5.41) is 3.49. The summed E-state index contributed by atoms with van der Waals surface area (Å²) in [6.45, 7) is 5.20. The van der Waals surface area contributed by atoms with Crippen LogP contribution in [-0.4, -0.2) is 62.2 Å². The third-order valence-corrected chi connectivity index (χ3v) is 6.26. The number of nitrogens with one attached hydrogen (secondary N) is 1. The van der Waals surface area contributed by atoms with Gasteiger partial charge in [-0.1, -0.05) is 19.3 Å². The zero-order valence-electron chi connectivity index (χ0n) is 13.5. The first kappa shape index (κ1) is 14.8. The van der Waals surface area contributed by atoms with Gasteiger partial charge in [-0.15, -0.1) is 0 Å². The van der Waals surface area contributed by atoms with E-state index >= 15 is 0 Å². The fourth-order valence-corrected chi connectivity index (χ4v) is 5.06. The van der Waals surface area contributed by atoms with Gasteiger partial charge in [-0.2, -0.15) is 0 Å². The smallest absolute Gasteiger partial charge is 0.0223 e. The van der Waals surface area contributed by atoms with Gasteiger partial charge in [-0.05, 0) is 58.2 Å². The van der Waals surface area contributed by atoms with Crippen LogP contribution in [0.5, 0.6) is 0 Å². The SMILES string of the molecule is CNCC1(CN2CCC3CCC(C2)N3C)CCCCC1. The topological polar surface area (TPSA) is 18.5 Å². The molecule has 20 heavy (non-hydrogen) atoms. The molecule has 1 N–H and O–H groups in total. The Balaban J connectivity index is 1.63. The predicted octanol–water partition coefficient (Wildman–Crippen LogP) is 2.32. The molecule has 3 heteroatoms. The van der Waals surface area contributed by atoms with Gasteiger partial charge in [0.1, 0.15) is 0 Å². The summed E-state index contributed by atoms with van der Waals surface area (Å²) in [7, 11) is 4.49. The van der Waals surface area contributed by atoms with E-state index in [9.17, 15) is 0 Å². The van der Waals surface area contributed by atoms with Crippen molar-refractivity contribution in [2.24, 2.45) is 5.41 Å². The molecule has 0 radical (unpaired) electrons. The molecule has 1 aliphatic carbocycles. The number of rotatable bonds is 4. The van der Waals surface area contributed by atoms with E-state index in [0.29, 0.717) is 5.41 Å². The molecule has 3 nitrogen and oxygen atoms in total. The molecule has 3 fully saturated rings. The van der Waals surface area contributed by atoms with E-state index in [-0.39, 0.29) is 0 Å². The second-order valence-corrected chi connectivity index (χ2v) is 7.67. The van der Waals surface area contributed by atoms with Crippen LogP contribution in [0.2, 0.25) is 0 Å². The van der Waals surface area contributed by atoms with Gasteiger partial charge in [0, 0.05) is 31.7 Å². The van der Waals surface area contributed by atoms with Crippen molar-refractivity contribution in [1.29, 1.82) is 0 Å². The number of hydrogen-bond acceptors (Lipinski definition) is 3. The van der Waals surface area contributed by atoms with E-state index in [1.54, 1.807) is 0 Å². The molecule has 2 heterocycles. The zero-order valence-corrected chi connectivity index (χ0v) is 13.5. The van der Waals surface area contributed by atoms with Crippen LogP contribution in [0, 0.1) is 5.41 Å². The predicted molar refractivity (Wildman–Crippen MR) is 85.1 cm³/mol. The Kier molecular flexibility index (Phi) is 4.68. The van der Waals surface area contributed by atoms with E-state index in [4.69, 9.17) is 0 Å². The van der Waals surface area contributed by atoms with Crippen LogP contribution in [0.3, 0.4) is 0 Å². The molecule has 2 atom stereocenters. The molecule has 2 bridgehead atoms. The second kappa shape index (κ2) is 6.33. The molecular formula is C17H33N3. The van der Waals surface area contributed by atoms with E-state index < -0.39 is 0 Å². The van der Waals surface area contributed by atoms with Gasteiger partial charge >= 0.3 is 0 Å². The van der Waals surface area contributed by atoms with Crippen molar-refractivity contribution in [3.05, 3.63) is 0 Å². The average molecular weight is 279 g/mol. The number of likely N-dealkylation sites (N-methyl/N-ethyl adjacent to an activating group) is 1. The minimum atomic E-state index is 0.565. The molecule has 3 rings (SSSR count). The maximum Gasteiger partial charge on any atom is 0.0223 e. The average Bonchev–Trinajstić information content (AvgIpc) is 2.69. The number of fused-ring (bicyclic) bond motifs is 2. The molecule has 1 saturated carbocycles. The van der Waals surface area contributed by atoms with Crippen molar-refractivity contribution in [1.82, 2.24) is 15.1 Å². The summed E-state index contributed by atoms with van der Waals surface area (Å²) in [6, 6.07) is 1.70. The molecule has 2 saturated heterocycles. The van der Waals surface area contributed by atoms with Crippen LogP contribution in [0.4, 0.5) is 0 Å². The van der Waals surface area contributed by atoms with Crippen molar-refractivity contribution in [3.63, 3.8) is 0 Å². The Morgan fingerprint density at radius 1 is 1.05 bits per heavy atom. The molecule has 0 amide bonds. The molecular weight excluding hydrogens is 246 g/mol. The summed E-state index contributed by atoms with van der Waals surface area (Å²) in [6.07, 6.45) is 11.5. The van der Waals surface area contributed by atoms with Crippen molar-refractivity contribution in [3.8, 4) is 0 Å². The monoisotopic (exact) mass is 279 g/mol. The molecule has 0 aromatic carbocycles. The number of hydrogen-bond donors (Lipinski definition) is 1. The molecule has 0 aromatic heterocycles. The lowest BCUT2D eigenvalue weighted by Crippen LogP contribution is -2.47. The standard InChI is InChI=1S/C17H33N3/c1-18-13-17(9-4-3-5-10-17)14-20-11-8-15-6-7-16(12-20)19(15)2/h15-16,18H,3-14H2,1-2H3. The lowest BCUT2D eigenvalue weighted by molar-refractivity contribution is 0.0974. The summed E-state index contributed by atoms with van der Waals surface area (Å²) in [5.74, 6) is 0. The number of nitrogens with zero attached hydrogens (tertiary/aromatic N) is 2. The van der Waals surface area contributed by atoms with E-state index in [0.717, 1.165) is 12.1 Å². The normalized spacial score (nSPS) is 35.1. The molecule has 0 spiro atoms. The summed E-state index contributed by atoms with van der Waals surface area (Å²) in [5.41, 5.74) is 0.565. The molecule has 2 aliphatic heterocycles. The van der Waals surface area contributed by atoms with Crippen molar-refractivity contribution < 1.29 is 0 Å². The van der Waals surface area contributed by atoms with Crippen LogP contribution in [0.1, 0.15) is 51.4 Å². The molecule has 116 valence electrons. The van der Waals surface area contributed by atoms with Crippen LogP contribution in [0.25, 0.3) is 0 Å². The van der Waals surface area contributed by atoms with E-state index in [2.05, 4.69) is 29.2 Å². The highest BCUT2D eigenvalue weighted by molar-refractivity contribution is 4.94. The summed E-state index contributed by atoms with van der Waals surface area (Å²) < 4.78 is 0. The van der Waals surface area contributed by atoms with Crippen molar-refractivity contribution in [2.45, 2.75) is 63.5 Å². The maximum absolute atomic E-state index is 3.49. The fourth-order valence-electron chi connectivity index (χ4n) is 5.06. The van der Waals surface area contributed by atoms with Crippen LogP contribution >= 0.6 is 0 Å². The van der Waals surface area contributed by atoms with E-state index in [1.165, 1.54) is 77.5 Å². The quantitative estimate of drug-likeness (QED) is 0.852. The van der Waals surface area contributed by atoms with Gasteiger partial charge in [0.15, 0.2) is 0 Å².